The second kappa shape index (κ2) is 9.41. The molecule has 1 aliphatic carbocycles. The number of hydrogen-bond donors (Lipinski definition) is 2. The summed E-state index contributed by atoms with van der Waals surface area (Å²) >= 11 is 2.69. The predicted octanol–water partition coefficient (Wildman–Crippen LogP) is 3.30. The van der Waals surface area contributed by atoms with Crippen molar-refractivity contribution in [2.45, 2.75) is 44.8 Å². The van der Waals surface area contributed by atoms with Crippen molar-refractivity contribution >= 4 is 45.1 Å². The molecule has 4 rings (SSSR count). The van der Waals surface area contributed by atoms with Gasteiger partial charge in [-0.1, -0.05) is 30.8 Å². The van der Waals surface area contributed by atoms with Crippen LogP contribution in [0.15, 0.2) is 34.2 Å². The second-order valence-electron chi connectivity index (χ2n) is 7.75. The molecule has 0 bridgehead atoms. The zero-order valence-corrected chi connectivity index (χ0v) is 19.4. The van der Waals surface area contributed by atoms with Crippen molar-refractivity contribution in [3.05, 3.63) is 56.4 Å². The largest absolute Gasteiger partial charge is 0.287 e. The van der Waals surface area contributed by atoms with E-state index in [-0.39, 0.29) is 16.9 Å². The van der Waals surface area contributed by atoms with Crippen LogP contribution in [-0.4, -0.2) is 27.1 Å². The molecule has 2 aromatic heterocycles. The molecule has 32 heavy (non-hydrogen) atoms. The van der Waals surface area contributed by atoms with Crippen LogP contribution in [0.1, 0.15) is 41.1 Å². The van der Waals surface area contributed by atoms with Gasteiger partial charge in [0.05, 0.1) is 16.7 Å². The lowest BCUT2D eigenvalue weighted by atomic mass is 9.89. The molecule has 2 N–H and O–H groups in total. The number of benzene rings is 1. The highest BCUT2D eigenvalue weighted by molar-refractivity contribution is 7.99. The molecular formula is C22H23FN4O3S2. The molecule has 1 aliphatic rings. The highest BCUT2D eigenvalue weighted by atomic mass is 32.2. The topological polar surface area (TPSA) is 93.1 Å². The third kappa shape index (κ3) is 4.42. The van der Waals surface area contributed by atoms with Gasteiger partial charge in [-0.2, -0.15) is 0 Å². The first-order valence-corrected chi connectivity index (χ1v) is 12.2. The van der Waals surface area contributed by atoms with E-state index in [0.717, 1.165) is 41.4 Å². The standard InChI is InChI=1S/C22H23FN4O3S2/c1-3-27-21(30)18-14-9-8-12(2)10-16(14)32-20(18)24-22(27)31-11-17(28)25-26-19(29)13-6-4-5-7-15(13)23/h4-7,12H,3,8-11H2,1-2H3,(H,25,28)(H,26,29). The number of aromatic nitrogens is 2. The molecule has 0 saturated carbocycles. The number of nitrogens with zero attached hydrogens (tertiary/aromatic N) is 2. The maximum atomic E-state index is 13.7. The summed E-state index contributed by atoms with van der Waals surface area (Å²) in [6.07, 6.45) is 2.93. The number of thioether (sulfide) groups is 1. The van der Waals surface area contributed by atoms with Gasteiger partial charge in [-0.15, -0.1) is 11.3 Å². The number of halogens is 1. The van der Waals surface area contributed by atoms with Gasteiger partial charge >= 0.3 is 0 Å². The van der Waals surface area contributed by atoms with Crippen molar-refractivity contribution in [1.29, 1.82) is 0 Å². The van der Waals surface area contributed by atoms with Gasteiger partial charge in [0.15, 0.2) is 5.16 Å². The molecule has 1 atom stereocenters. The minimum Gasteiger partial charge on any atom is -0.287 e. The van der Waals surface area contributed by atoms with E-state index in [1.165, 1.54) is 29.1 Å². The Morgan fingerprint density at radius 3 is 2.84 bits per heavy atom. The Hall–Kier alpha value is -2.72. The highest BCUT2D eigenvalue weighted by Crippen LogP contribution is 2.36. The van der Waals surface area contributed by atoms with Crippen molar-refractivity contribution < 1.29 is 14.0 Å². The van der Waals surface area contributed by atoms with E-state index < -0.39 is 17.6 Å². The molecule has 168 valence electrons. The summed E-state index contributed by atoms with van der Waals surface area (Å²) in [5, 5.41) is 1.18. The van der Waals surface area contributed by atoms with Crippen molar-refractivity contribution in [3.8, 4) is 0 Å². The lowest BCUT2D eigenvalue weighted by Crippen LogP contribution is -2.42. The first-order chi connectivity index (χ1) is 15.4. The summed E-state index contributed by atoms with van der Waals surface area (Å²) in [5.41, 5.74) is 5.38. The molecule has 10 heteroatoms. The third-order valence-electron chi connectivity index (χ3n) is 5.46. The van der Waals surface area contributed by atoms with Gasteiger partial charge in [0, 0.05) is 11.4 Å². The van der Waals surface area contributed by atoms with E-state index in [0.29, 0.717) is 23.0 Å². The Balaban J connectivity index is 1.47. The molecule has 0 spiro atoms. The summed E-state index contributed by atoms with van der Waals surface area (Å²) in [7, 11) is 0. The number of nitrogens with one attached hydrogen (secondary N) is 2. The Morgan fingerprint density at radius 1 is 1.31 bits per heavy atom. The minimum absolute atomic E-state index is 0.0579. The molecule has 2 heterocycles. The first-order valence-electron chi connectivity index (χ1n) is 10.4. The number of carbonyl (C=O) groups excluding carboxylic acids is 2. The van der Waals surface area contributed by atoms with Gasteiger partial charge in [-0.3, -0.25) is 29.8 Å². The molecule has 0 fully saturated rings. The van der Waals surface area contributed by atoms with Crippen molar-refractivity contribution in [3.63, 3.8) is 0 Å². The maximum absolute atomic E-state index is 13.7. The quantitative estimate of drug-likeness (QED) is 0.336. The molecule has 0 aliphatic heterocycles. The zero-order chi connectivity index (χ0) is 22.8. The van der Waals surface area contributed by atoms with Gasteiger partial charge in [0.2, 0.25) is 5.91 Å². The molecule has 0 saturated heterocycles. The van der Waals surface area contributed by atoms with E-state index >= 15 is 0 Å². The second-order valence-corrected chi connectivity index (χ2v) is 9.77. The summed E-state index contributed by atoms with van der Waals surface area (Å²) < 4.78 is 15.3. The summed E-state index contributed by atoms with van der Waals surface area (Å²) in [6, 6.07) is 5.50. The van der Waals surface area contributed by atoms with Gasteiger partial charge in [0.1, 0.15) is 10.6 Å². The van der Waals surface area contributed by atoms with E-state index in [1.54, 1.807) is 15.9 Å². The highest BCUT2D eigenvalue weighted by Gasteiger charge is 2.24. The van der Waals surface area contributed by atoms with Crippen LogP contribution in [0, 0.1) is 11.7 Å². The molecular weight excluding hydrogens is 451 g/mol. The van der Waals surface area contributed by atoms with Gasteiger partial charge < -0.3 is 0 Å². The average molecular weight is 475 g/mol. The van der Waals surface area contributed by atoms with Crippen LogP contribution in [0.5, 0.6) is 0 Å². The lowest BCUT2D eigenvalue weighted by Gasteiger charge is -2.17. The number of thiophene rings is 1. The van der Waals surface area contributed by atoms with Crippen LogP contribution in [0.2, 0.25) is 0 Å². The summed E-state index contributed by atoms with van der Waals surface area (Å²) in [4.78, 5) is 44.1. The number of rotatable bonds is 5. The zero-order valence-electron chi connectivity index (χ0n) is 17.7. The number of amides is 2. The fourth-order valence-corrected chi connectivity index (χ4v) is 6.09. The van der Waals surface area contributed by atoms with Crippen LogP contribution < -0.4 is 16.4 Å². The predicted molar refractivity (Wildman–Crippen MR) is 123 cm³/mol. The van der Waals surface area contributed by atoms with E-state index in [4.69, 9.17) is 4.98 Å². The van der Waals surface area contributed by atoms with Crippen molar-refractivity contribution in [2.75, 3.05) is 5.75 Å². The maximum Gasteiger partial charge on any atom is 0.272 e. The molecule has 0 radical (unpaired) electrons. The van der Waals surface area contributed by atoms with E-state index in [1.807, 2.05) is 6.92 Å². The Morgan fingerprint density at radius 2 is 2.09 bits per heavy atom. The lowest BCUT2D eigenvalue weighted by molar-refractivity contribution is -0.119. The Labute approximate surface area is 192 Å². The van der Waals surface area contributed by atoms with Crippen molar-refractivity contribution in [2.24, 2.45) is 5.92 Å². The number of hydrogen-bond acceptors (Lipinski definition) is 6. The SMILES string of the molecule is CCn1c(SCC(=O)NNC(=O)c2ccccc2F)nc2sc3c(c2c1=O)CCC(C)C3. The first kappa shape index (κ1) is 22.5. The number of carbonyl (C=O) groups is 2. The Kier molecular flexibility index (Phi) is 6.61. The van der Waals surface area contributed by atoms with Gasteiger partial charge in [-0.25, -0.2) is 9.37 Å². The smallest absolute Gasteiger partial charge is 0.272 e. The molecule has 7 nitrogen and oxygen atoms in total. The summed E-state index contributed by atoms with van der Waals surface area (Å²) in [5.74, 6) is -1.37. The fourth-order valence-electron chi connectivity index (χ4n) is 3.80. The van der Waals surface area contributed by atoms with Crippen LogP contribution >= 0.6 is 23.1 Å². The monoisotopic (exact) mass is 474 g/mol. The van der Waals surface area contributed by atoms with Gasteiger partial charge in [0.25, 0.3) is 11.5 Å². The molecule has 3 aromatic rings. The normalized spacial score (nSPS) is 15.4. The summed E-state index contributed by atoms with van der Waals surface area (Å²) in [6.45, 7) is 4.53. The van der Waals surface area contributed by atoms with E-state index in [2.05, 4.69) is 17.8 Å². The fraction of sp³-hybridized carbons (Fsp3) is 0.364. The Bertz CT molecular complexity index is 1250. The van der Waals surface area contributed by atoms with Crippen molar-refractivity contribution in [1.82, 2.24) is 20.4 Å². The molecule has 1 unspecified atom stereocenters. The van der Waals surface area contributed by atoms with Crippen LogP contribution in [0.4, 0.5) is 4.39 Å². The number of aryl methyl sites for hydroxylation is 1. The number of fused-ring (bicyclic) bond motifs is 3. The van der Waals surface area contributed by atoms with Crippen LogP contribution in [0.25, 0.3) is 10.2 Å². The van der Waals surface area contributed by atoms with Gasteiger partial charge in [-0.05, 0) is 49.8 Å². The molecule has 1 aromatic carbocycles. The van der Waals surface area contributed by atoms with Crippen LogP contribution in [0.3, 0.4) is 0 Å². The average Bonchev–Trinajstić information content (AvgIpc) is 3.13. The third-order valence-corrected chi connectivity index (χ3v) is 7.59. The minimum atomic E-state index is -0.746. The van der Waals surface area contributed by atoms with Crippen LogP contribution in [-0.2, 0) is 24.2 Å². The number of hydrazine groups is 1. The molecule has 2 amide bonds. The van der Waals surface area contributed by atoms with E-state index in [9.17, 15) is 18.8 Å².